The average molecular weight is 314 g/mol. The number of rotatable bonds is 5. The molecule has 0 aromatic carbocycles. The van der Waals surface area contributed by atoms with E-state index in [9.17, 15) is 4.79 Å². The highest BCUT2D eigenvalue weighted by Crippen LogP contribution is 2.27. The molecular weight excluding hydrogens is 296 g/mol. The monoisotopic (exact) mass is 314 g/mol. The summed E-state index contributed by atoms with van der Waals surface area (Å²) in [5.74, 6) is 0. The first-order valence-corrected chi connectivity index (χ1v) is 7.20. The van der Waals surface area contributed by atoms with Crippen molar-refractivity contribution in [1.29, 1.82) is 0 Å². The van der Waals surface area contributed by atoms with Crippen LogP contribution in [-0.4, -0.2) is 53.7 Å². The molecule has 1 aliphatic heterocycles. The van der Waals surface area contributed by atoms with Gasteiger partial charge in [-0.15, -0.1) is 5.10 Å². The molecule has 0 bridgehead atoms. The van der Waals surface area contributed by atoms with Crippen LogP contribution >= 0.6 is 11.3 Å². The minimum Gasteiger partial charge on any atom is -0.442 e. The molecule has 0 saturated carbocycles. The maximum absolute atomic E-state index is 11.5. The number of nitrogens with one attached hydrogen (secondary N) is 1. The van der Waals surface area contributed by atoms with Crippen LogP contribution in [0.3, 0.4) is 0 Å². The molecule has 2 amide bonds. The molecule has 1 aromatic heterocycles. The number of aromatic nitrogens is 2. The lowest BCUT2D eigenvalue weighted by Gasteiger charge is -2.24. The molecule has 1 atom stereocenters. The van der Waals surface area contributed by atoms with E-state index >= 15 is 0 Å². The third-order valence-corrected chi connectivity index (χ3v) is 3.61. The van der Waals surface area contributed by atoms with E-state index in [1.165, 1.54) is 16.2 Å². The van der Waals surface area contributed by atoms with Crippen molar-refractivity contribution < 1.29 is 14.5 Å². The molecule has 1 unspecified atom stereocenters. The number of hydrogen-bond donors (Lipinski definition) is 1. The molecule has 0 spiro atoms. The van der Waals surface area contributed by atoms with Gasteiger partial charge in [0.05, 0.1) is 6.20 Å². The number of amides is 2. The number of carbonyl (C=O) groups is 1. The second-order valence-electron chi connectivity index (χ2n) is 4.23. The van der Waals surface area contributed by atoms with Crippen molar-refractivity contribution in [3.63, 3.8) is 0 Å². The summed E-state index contributed by atoms with van der Waals surface area (Å²) in [7, 11) is 4.95. The Morgan fingerprint density at radius 3 is 2.90 bits per heavy atom. The van der Waals surface area contributed by atoms with E-state index in [0.29, 0.717) is 16.7 Å². The zero-order valence-corrected chi connectivity index (χ0v) is 13.1. The summed E-state index contributed by atoms with van der Waals surface area (Å²) in [6, 6.07) is -0.267. The standard InChI is InChI=1S/C11H18N6O3S/c1-5-8(17-7-6-15(3)20-17)19-11-14-13-10(21-11)16(4)9(18)12-2/h6-8H,5H2,1-4H3,(H,12,18). The van der Waals surface area contributed by atoms with Crippen LogP contribution in [0.2, 0.25) is 0 Å². The van der Waals surface area contributed by atoms with Gasteiger partial charge in [-0.1, -0.05) is 12.0 Å². The lowest BCUT2D eigenvalue weighted by Crippen LogP contribution is -2.35. The Morgan fingerprint density at radius 2 is 2.33 bits per heavy atom. The second-order valence-corrected chi connectivity index (χ2v) is 5.15. The number of urea groups is 1. The predicted octanol–water partition coefficient (Wildman–Crippen LogP) is 0.994. The average Bonchev–Trinajstić information content (AvgIpc) is 3.12. The van der Waals surface area contributed by atoms with Gasteiger partial charge in [0.1, 0.15) is 0 Å². The summed E-state index contributed by atoms with van der Waals surface area (Å²) < 4.78 is 5.75. The van der Waals surface area contributed by atoms with E-state index < -0.39 is 0 Å². The fraction of sp³-hybridized carbons (Fsp3) is 0.545. The molecule has 0 saturated heterocycles. The summed E-state index contributed by atoms with van der Waals surface area (Å²) in [4.78, 5) is 18.3. The fourth-order valence-electron chi connectivity index (χ4n) is 1.58. The third kappa shape index (κ3) is 3.52. The SMILES string of the molecule is CCC(Oc1nnc(N(C)C(=O)NC)s1)N1C=CN(C)O1. The van der Waals surface area contributed by atoms with Gasteiger partial charge in [-0.05, 0) is 11.3 Å². The summed E-state index contributed by atoms with van der Waals surface area (Å²) in [6.07, 6.45) is 3.92. The number of nitrogens with zero attached hydrogens (tertiary/aromatic N) is 5. The van der Waals surface area contributed by atoms with Crippen molar-refractivity contribution in [1.82, 2.24) is 25.6 Å². The lowest BCUT2D eigenvalue weighted by molar-refractivity contribution is -0.290. The maximum atomic E-state index is 11.5. The van der Waals surface area contributed by atoms with Gasteiger partial charge in [0.15, 0.2) is 6.23 Å². The molecule has 9 nitrogen and oxygen atoms in total. The van der Waals surface area contributed by atoms with Gasteiger partial charge >= 0.3 is 6.03 Å². The molecule has 0 fully saturated rings. The largest absolute Gasteiger partial charge is 0.442 e. The smallest absolute Gasteiger partial charge is 0.323 e. The van der Waals surface area contributed by atoms with E-state index in [-0.39, 0.29) is 12.3 Å². The van der Waals surface area contributed by atoms with E-state index in [0.717, 1.165) is 0 Å². The van der Waals surface area contributed by atoms with Crippen LogP contribution in [0.5, 0.6) is 5.19 Å². The van der Waals surface area contributed by atoms with Crippen molar-refractivity contribution in [3.05, 3.63) is 12.4 Å². The normalized spacial score (nSPS) is 15.2. The van der Waals surface area contributed by atoms with Gasteiger partial charge in [0, 0.05) is 33.8 Å². The first-order valence-electron chi connectivity index (χ1n) is 6.38. The van der Waals surface area contributed by atoms with Gasteiger partial charge in [0.2, 0.25) is 5.13 Å². The van der Waals surface area contributed by atoms with Crippen LogP contribution < -0.4 is 15.0 Å². The number of anilines is 1. The third-order valence-electron chi connectivity index (χ3n) is 2.72. The Balaban J connectivity index is 2.01. The quantitative estimate of drug-likeness (QED) is 0.868. The minimum absolute atomic E-state index is 0.267. The molecule has 116 valence electrons. The van der Waals surface area contributed by atoms with Crippen molar-refractivity contribution >= 4 is 22.5 Å². The van der Waals surface area contributed by atoms with Crippen LogP contribution in [0.4, 0.5) is 9.93 Å². The number of hydrogen-bond acceptors (Lipinski definition) is 8. The van der Waals surface area contributed by atoms with Gasteiger partial charge in [0.25, 0.3) is 5.19 Å². The Hall–Kier alpha value is -2.07. The summed E-state index contributed by atoms with van der Waals surface area (Å²) in [5, 5.41) is 14.4. The molecule has 2 heterocycles. The van der Waals surface area contributed by atoms with Gasteiger partial charge < -0.3 is 10.1 Å². The molecule has 2 rings (SSSR count). The van der Waals surface area contributed by atoms with Gasteiger partial charge in [-0.3, -0.25) is 4.90 Å². The van der Waals surface area contributed by atoms with E-state index in [1.54, 1.807) is 43.7 Å². The van der Waals surface area contributed by atoms with Crippen molar-refractivity contribution in [2.75, 3.05) is 26.0 Å². The van der Waals surface area contributed by atoms with Crippen LogP contribution in [-0.2, 0) is 4.94 Å². The second kappa shape index (κ2) is 6.59. The number of hydroxylamine groups is 4. The van der Waals surface area contributed by atoms with Crippen LogP contribution in [0.25, 0.3) is 0 Å². The first-order chi connectivity index (χ1) is 10.0. The van der Waals surface area contributed by atoms with E-state index in [4.69, 9.17) is 9.68 Å². The van der Waals surface area contributed by atoms with Crippen molar-refractivity contribution in [2.45, 2.75) is 19.6 Å². The molecule has 0 radical (unpaired) electrons. The summed E-state index contributed by atoms with van der Waals surface area (Å²) >= 11 is 1.19. The zero-order chi connectivity index (χ0) is 15.4. The van der Waals surface area contributed by atoms with Crippen LogP contribution in [0.1, 0.15) is 13.3 Å². The Bertz CT molecular complexity index is 522. The van der Waals surface area contributed by atoms with E-state index in [2.05, 4.69) is 15.5 Å². The van der Waals surface area contributed by atoms with Crippen LogP contribution in [0.15, 0.2) is 12.4 Å². The van der Waals surface area contributed by atoms with Crippen molar-refractivity contribution in [3.8, 4) is 5.19 Å². The zero-order valence-electron chi connectivity index (χ0n) is 12.3. The first kappa shape index (κ1) is 15.3. The minimum atomic E-state index is -0.322. The number of ether oxygens (including phenoxy) is 1. The molecule has 1 N–H and O–H groups in total. The number of carbonyl (C=O) groups excluding carboxylic acids is 1. The molecule has 1 aromatic rings. The molecule has 10 heteroatoms. The topological polar surface area (TPSA) is 83.1 Å². The Morgan fingerprint density at radius 1 is 1.57 bits per heavy atom. The van der Waals surface area contributed by atoms with Crippen molar-refractivity contribution in [2.24, 2.45) is 0 Å². The highest BCUT2D eigenvalue weighted by molar-refractivity contribution is 7.17. The van der Waals surface area contributed by atoms with E-state index in [1.807, 2.05) is 6.92 Å². The van der Waals surface area contributed by atoms with Gasteiger partial charge in [-0.25, -0.2) is 9.86 Å². The maximum Gasteiger partial charge on any atom is 0.323 e. The molecular formula is C11H18N6O3S. The fourth-order valence-corrected chi connectivity index (χ4v) is 2.28. The molecule has 1 aliphatic rings. The highest BCUT2D eigenvalue weighted by atomic mass is 32.1. The Kier molecular flexibility index (Phi) is 4.81. The molecule has 21 heavy (non-hydrogen) atoms. The van der Waals surface area contributed by atoms with Gasteiger partial charge in [-0.2, -0.15) is 10.0 Å². The Labute approximate surface area is 126 Å². The lowest BCUT2D eigenvalue weighted by atomic mass is 10.4. The summed E-state index contributed by atoms with van der Waals surface area (Å²) in [6.45, 7) is 1.97. The molecule has 0 aliphatic carbocycles. The predicted molar refractivity (Wildman–Crippen MR) is 77.3 cm³/mol. The van der Waals surface area contributed by atoms with Crippen LogP contribution in [0, 0.1) is 0 Å². The highest BCUT2D eigenvalue weighted by Gasteiger charge is 2.24. The summed E-state index contributed by atoms with van der Waals surface area (Å²) in [5.41, 5.74) is 0.